The lowest BCUT2D eigenvalue weighted by atomic mass is 10.1. The van der Waals surface area contributed by atoms with Crippen molar-refractivity contribution in [2.24, 2.45) is 5.73 Å². The number of nitrogens with one attached hydrogen (secondary N) is 1. The first-order valence-electron chi connectivity index (χ1n) is 6.48. The molecular weight excluding hydrogens is 319 g/mol. The summed E-state index contributed by atoms with van der Waals surface area (Å²) in [4.78, 5) is 11.2. The third-order valence-corrected chi connectivity index (χ3v) is 4.48. The molecule has 7 heteroatoms. The van der Waals surface area contributed by atoms with Gasteiger partial charge in [-0.1, -0.05) is 11.8 Å². The average Bonchev–Trinajstić information content (AvgIpc) is 2.54. The fourth-order valence-electron chi connectivity index (χ4n) is 1.80. The molecule has 0 heterocycles. The maximum absolute atomic E-state index is 12.9. The van der Waals surface area contributed by atoms with Crippen molar-refractivity contribution in [3.05, 3.63) is 65.0 Å². The monoisotopic (exact) mass is 332 g/mol. The number of hydrogen-bond donors (Lipinski definition) is 2. The maximum Gasteiger partial charge on any atom is 0.248 e. The second-order valence-electron chi connectivity index (χ2n) is 4.54. The van der Waals surface area contributed by atoms with Gasteiger partial charge in [0.2, 0.25) is 15.9 Å². The lowest BCUT2D eigenvalue weighted by molar-refractivity contribution is 0.1000. The molecular formula is C16H13FN2O3S. The van der Waals surface area contributed by atoms with E-state index in [1.54, 1.807) is 0 Å². The van der Waals surface area contributed by atoms with Crippen molar-refractivity contribution in [2.45, 2.75) is 4.90 Å². The standard InChI is InChI=1S/C16H13FN2O3S/c1-19-23(21,22)15-9-6-13(16(18)20)10-12(15)5-2-11-3-7-14(17)8-4-11/h3-4,6-10,19H,1H3,(H2,18,20). The van der Waals surface area contributed by atoms with Crippen molar-refractivity contribution >= 4 is 15.9 Å². The Labute approximate surface area is 133 Å². The van der Waals surface area contributed by atoms with Crippen LogP contribution >= 0.6 is 0 Å². The Morgan fingerprint density at radius 2 is 1.78 bits per heavy atom. The minimum absolute atomic E-state index is 0.0698. The summed E-state index contributed by atoms with van der Waals surface area (Å²) >= 11 is 0. The normalized spacial score (nSPS) is 10.7. The van der Waals surface area contributed by atoms with E-state index in [1.165, 1.54) is 49.5 Å². The molecule has 2 aromatic carbocycles. The number of primary amides is 1. The second-order valence-corrected chi connectivity index (χ2v) is 6.39. The van der Waals surface area contributed by atoms with E-state index in [4.69, 9.17) is 5.73 Å². The van der Waals surface area contributed by atoms with Crippen molar-refractivity contribution in [3.63, 3.8) is 0 Å². The molecule has 0 fully saturated rings. The predicted octanol–water partition coefficient (Wildman–Crippen LogP) is 1.23. The minimum Gasteiger partial charge on any atom is -0.366 e. The molecule has 118 valence electrons. The average molecular weight is 332 g/mol. The van der Waals surface area contributed by atoms with E-state index in [2.05, 4.69) is 16.6 Å². The zero-order valence-corrected chi connectivity index (χ0v) is 12.9. The number of carbonyl (C=O) groups is 1. The molecule has 2 rings (SSSR count). The van der Waals surface area contributed by atoms with Crippen LogP contribution in [0.5, 0.6) is 0 Å². The molecule has 0 aliphatic heterocycles. The van der Waals surface area contributed by atoms with Gasteiger partial charge in [-0.15, -0.1) is 0 Å². The first-order valence-corrected chi connectivity index (χ1v) is 7.97. The van der Waals surface area contributed by atoms with Gasteiger partial charge in [-0.2, -0.15) is 0 Å². The third kappa shape index (κ3) is 3.94. The predicted molar refractivity (Wildman–Crippen MR) is 83.6 cm³/mol. The van der Waals surface area contributed by atoms with Crippen LogP contribution < -0.4 is 10.5 Å². The van der Waals surface area contributed by atoms with Crippen molar-refractivity contribution in [3.8, 4) is 11.8 Å². The quantitative estimate of drug-likeness (QED) is 0.829. The van der Waals surface area contributed by atoms with Crippen molar-refractivity contribution in [2.75, 3.05) is 7.05 Å². The van der Waals surface area contributed by atoms with Crippen molar-refractivity contribution in [1.29, 1.82) is 0 Å². The number of amides is 1. The molecule has 0 atom stereocenters. The van der Waals surface area contributed by atoms with Crippen molar-refractivity contribution < 1.29 is 17.6 Å². The summed E-state index contributed by atoms with van der Waals surface area (Å²) in [5.74, 6) is 4.33. The topological polar surface area (TPSA) is 89.3 Å². The van der Waals surface area contributed by atoms with Gasteiger partial charge in [0.1, 0.15) is 5.82 Å². The summed E-state index contributed by atoms with van der Waals surface area (Å²) in [5.41, 5.74) is 5.97. The molecule has 0 unspecified atom stereocenters. The highest BCUT2D eigenvalue weighted by atomic mass is 32.2. The van der Waals surface area contributed by atoms with Crippen LogP contribution in [0.4, 0.5) is 4.39 Å². The number of hydrogen-bond acceptors (Lipinski definition) is 3. The number of nitrogens with two attached hydrogens (primary N) is 1. The minimum atomic E-state index is -3.75. The number of sulfonamides is 1. The van der Waals surface area contributed by atoms with Gasteiger partial charge >= 0.3 is 0 Å². The first-order chi connectivity index (χ1) is 10.8. The van der Waals surface area contributed by atoms with Gasteiger partial charge in [0, 0.05) is 16.7 Å². The Morgan fingerprint density at radius 1 is 1.13 bits per heavy atom. The van der Waals surface area contributed by atoms with Crippen LogP contribution in [0.3, 0.4) is 0 Å². The molecule has 0 saturated carbocycles. The SMILES string of the molecule is CNS(=O)(=O)c1ccc(C(N)=O)cc1C#Cc1ccc(F)cc1. The Bertz CT molecular complexity index is 911. The fourth-order valence-corrected chi connectivity index (χ4v) is 2.66. The third-order valence-electron chi connectivity index (χ3n) is 3.01. The summed E-state index contributed by atoms with van der Waals surface area (Å²) in [6.07, 6.45) is 0. The Morgan fingerprint density at radius 3 is 2.35 bits per heavy atom. The highest BCUT2D eigenvalue weighted by Gasteiger charge is 2.17. The van der Waals surface area contributed by atoms with E-state index in [-0.39, 0.29) is 16.0 Å². The number of carbonyl (C=O) groups excluding carboxylic acids is 1. The number of benzene rings is 2. The van der Waals surface area contributed by atoms with E-state index in [1.807, 2.05) is 0 Å². The molecule has 0 aromatic heterocycles. The van der Waals surface area contributed by atoms with E-state index in [0.29, 0.717) is 5.56 Å². The fraction of sp³-hybridized carbons (Fsp3) is 0.0625. The van der Waals surface area contributed by atoms with E-state index >= 15 is 0 Å². The molecule has 3 N–H and O–H groups in total. The summed E-state index contributed by atoms with van der Waals surface area (Å²) in [7, 11) is -2.47. The van der Waals surface area contributed by atoms with Gasteiger partial charge in [0.05, 0.1) is 4.90 Å². The van der Waals surface area contributed by atoms with Crippen molar-refractivity contribution in [1.82, 2.24) is 4.72 Å². The van der Waals surface area contributed by atoms with Gasteiger partial charge in [-0.05, 0) is 49.5 Å². The summed E-state index contributed by atoms with van der Waals surface area (Å²) in [5, 5.41) is 0. The zero-order valence-electron chi connectivity index (χ0n) is 12.1. The largest absolute Gasteiger partial charge is 0.366 e. The van der Waals surface area contributed by atoms with Crippen LogP contribution in [0.1, 0.15) is 21.5 Å². The number of rotatable bonds is 3. The molecule has 0 saturated heterocycles. The zero-order chi connectivity index (χ0) is 17.0. The van der Waals surface area contributed by atoms with E-state index < -0.39 is 21.7 Å². The molecule has 5 nitrogen and oxygen atoms in total. The van der Waals surface area contributed by atoms with Crippen LogP contribution in [-0.2, 0) is 10.0 Å². The smallest absolute Gasteiger partial charge is 0.248 e. The van der Waals surface area contributed by atoms with Crippen LogP contribution in [-0.4, -0.2) is 21.4 Å². The Hall–Kier alpha value is -2.69. The van der Waals surface area contributed by atoms with Crippen LogP contribution in [0.15, 0.2) is 47.4 Å². The highest BCUT2D eigenvalue weighted by Crippen LogP contribution is 2.17. The molecule has 2 aromatic rings. The Kier molecular flexibility index (Phi) is 4.79. The van der Waals surface area contributed by atoms with E-state index in [0.717, 1.165) is 0 Å². The molecule has 23 heavy (non-hydrogen) atoms. The summed E-state index contributed by atoms with van der Waals surface area (Å²) < 4.78 is 39.1. The lowest BCUT2D eigenvalue weighted by Crippen LogP contribution is -2.20. The molecule has 0 aliphatic carbocycles. The van der Waals surface area contributed by atoms with Crippen LogP contribution in [0, 0.1) is 17.7 Å². The Balaban J connectivity index is 2.57. The van der Waals surface area contributed by atoms with Crippen LogP contribution in [0.25, 0.3) is 0 Å². The van der Waals surface area contributed by atoms with Gasteiger partial charge in [0.15, 0.2) is 0 Å². The van der Waals surface area contributed by atoms with Gasteiger partial charge in [0.25, 0.3) is 0 Å². The maximum atomic E-state index is 12.9. The molecule has 0 bridgehead atoms. The molecule has 0 radical (unpaired) electrons. The molecule has 0 spiro atoms. The lowest BCUT2D eigenvalue weighted by Gasteiger charge is -2.06. The summed E-state index contributed by atoms with van der Waals surface area (Å²) in [6.45, 7) is 0. The van der Waals surface area contributed by atoms with Gasteiger partial charge < -0.3 is 5.73 Å². The van der Waals surface area contributed by atoms with Crippen LogP contribution in [0.2, 0.25) is 0 Å². The van der Waals surface area contributed by atoms with E-state index in [9.17, 15) is 17.6 Å². The van der Waals surface area contributed by atoms with Gasteiger partial charge in [-0.3, -0.25) is 4.79 Å². The molecule has 1 amide bonds. The summed E-state index contributed by atoms with van der Waals surface area (Å²) in [6, 6.07) is 9.31. The van der Waals surface area contributed by atoms with Gasteiger partial charge in [-0.25, -0.2) is 17.5 Å². The first kappa shape index (κ1) is 16.7. The molecule has 0 aliphatic rings. The number of halogens is 1. The second kappa shape index (κ2) is 6.60. The highest BCUT2D eigenvalue weighted by molar-refractivity contribution is 7.89.